The summed E-state index contributed by atoms with van der Waals surface area (Å²) >= 11 is 0. The van der Waals surface area contributed by atoms with E-state index >= 15 is 0 Å². The maximum atomic E-state index is 12.3. The first-order valence-electron chi connectivity index (χ1n) is 6.80. The second kappa shape index (κ2) is 4.43. The van der Waals surface area contributed by atoms with Gasteiger partial charge in [0.2, 0.25) is 0 Å². The summed E-state index contributed by atoms with van der Waals surface area (Å²) in [5.41, 5.74) is 0.743. The molecule has 0 unspecified atom stereocenters. The molecule has 1 aromatic carbocycles. The van der Waals surface area contributed by atoms with E-state index in [1.807, 2.05) is 36.4 Å². The van der Waals surface area contributed by atoms with Gasteiger partial charge in [-0.05, 0) is 30.4 Å². The summed E-state index contributed by atoms with van der Waals surface area (Å²) in [5, 5.41) is 11.8. The van der Waals surface area contributed by atoms with Crippen LogP contribution in [0.2, 0.25) is 0 Å². The van der Waals surface area contributed by atoms with Crippen molar-refractivity contribution in [1.82, 2.24) is 5.06 Å². The second-order valence-electron chi connectivity index (χ2n) is 5.91. The van der Waals surface area contributed by atoms with Crippen LogP contribution in [0.4, 0.5) is 0 Å². The molecule has 2 bridgehead atoms. The predicted octanol–water partition coefficient (Wildman–Crippen LogP) is 2.00. The van der Waals surface area contributed by atoms with Gasteiger partial charge in [-0.15, -0.1) is 0 Å². The van der Waals surface area contributed by atoms with E-state index in [0.29, 0.717) is 19.3 Å². The highest BCUT2D eigenvalue weighted by molar-refractivity contribution is 5.86. The standard InChI is InChI=1S/C16H19NO3/c1-17(20-2)14(18)15-9-13(16(19,10-15)11-15)8-12-6-4-3-5-7-12/h3-8,19H,9-11H2,1-2H3/b13-8+. The van der Waals surface area contributed by atoms with Crippen molar-refractivity contribution in [3.63, 3.8) is 0 Å². The Balaban J connectivity index is 1.85. The van der Waals surface area contributed by atoms with E-state index in [1.54, 1.807) is 7.05 Å². The third kappa shape index (κ3) is 1.87. The number of hydrogen-bond acceptors (Lipinski definition) is 3. The lowest BCUT2D eigenvalue weighted by Gasteiger charge is -2.43. The number of hydroxylamine groups is 2. The van der Waals surface area contributed by atoms with Gasteiger partial charge >= 0.3 is 0 Å². The van der Waals surface area contributed by atoms with E-state index in [9.17, 15) is 9.90 Å². The fraction of sp³-hybridized carbons (Fsp3) is 0.438. The van der Waals surface area contributed by atoms with E-state index < -0.39 is 11.0 Å². The number of nitrogens with zero attached hydrogens (tertiary/aromatic N) is 1. The van der Waals surface area contributed by atoms with Crippen LogP contribution < -0.4 is 0 Å². The first kappa shape index (κ1) is 13.3. The van der Waals surface area contributed by atoms with Crippen molar-refractivity contribution < 1.29 is 14.7 Å². The molecular formula is C16H19NO3. The zero-order valence-corrected chi connectivity index (χ0v) is 11.8. The molecule has 0 spiro atoms. The van der Waals surface area contributed by atoms with E-state index in [4.69, 9.17) is 4.84 Å². The molecule has 4 nitrogen and oxygen atoms in total. The number of amides is 1. The van der Waals surface area contributed by atoms with Crippen molar-refractivity contribution in [2.75, 3.05) is 14.2 Å². The molecule has 3 fully saturated rings. The quantitative estimate of drug-likeness (QED) is 0.857. The molecule has 0 atom stereocenters. The molecular weight excluding hydrogens is 254 g/mol. The summed E-state index contributed by atoms with van der Waals surface area (Å²) in [7, 11) is 3.10. The molecule has 106 valence electrons. The second-order valence-corrected chi connectivity index (χ2v) is 5.91. The molecule has 0 radical (unpaired) electrons. The van der Waals surface area contributed by atoms with Crippen molar-refractivity contribution in [1.29, 1.82) is 0 Å². The Hall–Kier alpha value is -1.65. The largest absolute Gasteiger partial charge is 0.385 e. The molecule has 4 heteroatoms. The van der Waals surface area contributed by atoms with Crippen molar-refractivity contribution in [2.45, 2.75) is 24.9 Å². The first-order valence-corrected chi connectivity index (χ1v) is 6.80. The third-order valence-corrected chi connectivity index (χ3v) is 4.54. The molecule has 1 amide bonds. The number of fused-ring (bicyclic) bond motifs is 1. The van der Waals surface area contributed by atoms with Crippen LogP contribution in [0.5, 0.6) is 0 Å². The highest BCUT2D eigenvalue weighted by Gasteiger charge is 2.67. The molecule has 1 aromatic rings. The molecule has 1 N–H and O–H groups in total. The number of carbonyl (C=O) groups excluding carboxylic acids is 1. The molecule has 0 aliphatic heterocycles. The first-order chi connectivity index (χ1) is 9.49. The third-order valence-electron chi connectivity index (χ3n) is 4.54. The molecule has 0 saturated heterocycles. The van der Waals surface area contributed by atoms with Gasteiger partial charge in [0.25, 0.3) is 5.91 Å². The Kier molecular flexibility index (Phi) is 2.96. The highest BCUT2D eigenvalue weighted by atomic mass is 16.7. The highest BCUT2D eigenvalue weighted by Crippen LogP contribution is 2.65. The van der Waals surface area contributed by atoms with Gasteiger partial charge in [-0.1, -0.05) is 36.4 Å². The minimum atomic E-state index is -0.805. The molecule has 0 heterocycles. The lowest BCUT2D eigenvalue weighted by molar-refractivity contribution is -0.191. The Morgan fingerprint density at radius 2 is 2.00 bits per heavy atom. The van der Waals surface area contributed by atoms with Crippen LogP contribution in [0.15, 0.2) is 35.9 Å². The summed E-state index contributed by atoms with van der Waals surface area (Å²) in [6.07, 6.45) is 3.64. The van der Waals surface area contributed by atoms with Gasteiger partial charge in [-0.25, -0.2) is 5.06 Å². The fourth-order valence-corrected chi connectivity index (χ4v) is 3.53. The van der Waals surface area contributed by atoms with Gasteiger partial charge < -0.3 is 5.11 Å². The summed E-state index contributed by atoms with van der Waals surface area (Å²) < 4.78 is 0. The zero-order valence-electron chi connectivity index (χ0n) is 11.8. The normalized spacial score (nSPS) is 33.0. The Labute approximate surface area is 118 Å². The van der Waals surface area contributed by atoms with Crippen LogP contribution in [0.1, 0.15) is 24.8 Å². The monoisotopic (exact) mass is 273 g/mol. The zero-order chi connectivity index (χ0) is 14.4. The average Bonchev–Trinajstić information content (AvgIpc) is 2.86. The van der Waals surface area contributed by atoms with Crippen LogP contribution in [0, 0.1) is 5.41 Å². The fourth-order valence-electron chi connectivity index (χ4n) is 3.53. The summed E-state index contributed by atoms with van der Waals surface area (Å²) in [6.45, 7) is 0. The van der Waals surface area contributed by atoms with Crippen molar-refractivity contribution in [3.8, 4) is 0 Å². The summed E-state index contributed by atoms with van der Waals surface area (Å²) in [4.78, 5) is 17.3. The van der Waals surface area contributed by atoms with E-state index in [-0.39, 0.29) is 5.91 Å². The Morgan fingerprint density at radius 3 is 2.60 bits per heavy atom. The van der Waals surface area contributed by atoms with Gasteiger partial charge in [-0.2, -0.15) is 0 Å². The van der Waals surface area contributed by atoms with Gasteiger partial charge in [0, 0.05) is 7.05 Å². The molecule has 0 aromatic heterocycles. The summed E-state index contributed by atoms with van der Waals surface area (Å²) in [6, 6.07) is 9.90. The van der Waals surface area contributed by atoms with Crippen molar-refractivity contribution >= 4 is 12.0 Å². The van der Waals surface area contributed by atoms with Crippen LogP contribution in [0.25, 0.3) is 6.08 Å². The van der Waals surface area contributed by atoms with Gasteiger partial charge in [0.1, 0.15) is 0 Å². The lowest BCUT2D eigenvalue weighted by atomic mass is 9.66. The van der Waals surface area contributed by atoms with Gasteiger partial charge in [-0.3, -0.25) is 9.63 Å². The van der Waals surface area contributed by atoms with Crippen molar-refractivity contribution in [2.24, 2.45) is 5.41 Å². The minimum Gasteiger partial charge on any atom is -0.385 e. The predicted molar refractivity (Wildman–Crippen MR) is 75.4 cm³/mol. The van der Waals surface area contributed by atoms with E-state index in [0.717, 1.165) is 11.1 Å². The molecule has 3 aliphatic rings. The number of rotatable bonds is 3. The number of carbonyl (C=O) groups is 1. The van der Waals surface area contributed by atoms with Gasteiger partial charge in [0.15, 0.2) is 0 Å². The Morgan fingerprint density at radius 1 is 1.35 bits per heavy atom. The van der Waals surface area contributed by atoms with Gasteiger partial charge in [0.05, 0.1) is 18.1 Å². The molecule has 4 rings (SSSR count). The number of aliphatic hydroxyl groups is 1. The molecule has 3 aliphatic carbocycles. The topological polar surface area (TPSA) is 49.8 Å². The smallest absolute Gasteiger partial charge is 0.252 e. The number of benzene rings is 1. The lowest BCUT2D eigenvalue weighted by Crippen LogP contribution is -2.52. The molecule has 3 saturated carbocycles. The van der Waals surface area contributed by atoms with Crippen LogP contribution in [0.3, 0.4) is 0 Å². The maximum absolute atomic E-state index is 12.3. The van der Waals surface area contributed by atoms with Crippen LogP contribution in [-0.2, 0) is 9.63 Å². The van der Waals surface area contributed by atoms with Crippen LogP contribution in [-0.4, -0.2) is 35.8 Å². The number of hydrogen-bond donors (Lipinski definition) is 1. The van der Waals surface area contributed by atoms with E-state index in [2.05, 4.69) is 0 Å². The summed E-state index contributed by atoms with van der Waals surface area (Å²) in [5.74, 6) is -0.0406. The minimum absolute atomic E-state index is 0.0406. The SMILES string of the molecule is CON(C)C(=O)C12C/C(=C\c3ccccc3)C(O)(C1)C2. The van der Waals surface area contributed by atoms with E-state index in [1.165, 1.54) is 12.2 Å². The van der Waals surface area contributed by atoms with Crippen LogP contribution >= 0.6 is 0 Å². The average molecular weight is 273 g/mol. The maximum Gasteiger partial charge on any atom is 0.252 e. The molecule has 20 heavy (non-hydrogen) atoms. The van der Waals surface area contributed by atoms with Crippen molar-refractivity contribution in [3.05, 3.63) is 41.5 Å². The Bertz CT molecular complexity index is 558.